The molecule has 0 aliphatic rings. The van der Waals surface area contributed by atoms with Gasteiger partial charge in [-0.05, 0) is 11.5 Å². The molecule has 0 aliphatic carbocycles. The average Bonchev–Trinajstić information content (AvgIpc) is 2.18. The van der Waals surface area contributed by atoms with E-state index in [1.54, 1.807) is 6.07 Å². The molecule has 2 aromatic rings. The third-order valence-corrected chi connectivity index (χ3v) is 1.77. The van der Waals surface area contributed by atoms with Gasteiger partial charge in [0.1, 0.15) is 5.75 Å². The first-order valence-corrected chi connectivity index (χ1v) is 4.32. The Morgan fingerprint density at radius 1 is 0.800 bits per heavy atom. The van der Waals surface area contributed by atoms with Crippen LogP contribution in [0.15, 0.2) is 42.5 Å². The van der Waals surface area contributed by atoms with E-state index in [0.29, 0.717) is 5.75 Å². The molecular formula is C10H11BO4. The van der Waals surface area contributed by atoms with E-state index in [4.69, 9.17) is 15.1 Å². The fraction of sp³-hybridized carbons (Fsp3) is 0. The van der Waals surface area contributed by atoms with Gasteiger partial charge in [-0.25, -0.2) is 0 Å². The van der Waals surface area contributed by atoms with E-state index >= 15 is 0 Å². The lowest BCUT2D eigenvalue weighted by atomic mass is 10.1. The molecule has 4 nitrogen and oxygen atoms in total. The Balaban J connectivity index is 0.000000245. The predicted molar refractivity (Wildman–Crippen MR) is 58.0 cm³/mol. The summed E-state index contributed by atoms with van der Waals surface area (Å²) in [6, 6.07) is 13.3. The molecule has 0 aliphatic heterocycles. The number of phenols is 1. The van der Waals surface area contributed by atoms with Crippen molar-refractivity contribution in [1.82, 2.24) is 0 Å². The van der Waals surface area contributed by atoms with Gasteiger partial charge in [0.15, 0.2) is 0 Å². The van der Waals surface area contributed by atoms with Crippen LogP contribution in [0.25, 0.3) is 10.8 Å². The van der Waals surface area contributed by atoms with Gasteiger partial charge in [-0.1, -0.05) is 36.4 Å². The molecule has 0 bridgehead atoms. The number of fused-ring (bicyclic) bond motifs is 1. The van der Waals surface area contributed by atoms with Crippen LogP contribution in [-0.4, -0.2) is 27.5 Å². The first kappa shape index (κ1) is 11.5. The lowest BCUT2D eigenvalue weighted by Gasteiger charge is -1.97. The van der Waals surface area contributed by atoms with Gasteiger partial charge in [-0.3, -0.25) is 0 Å². The lowest BCUT2D eigenvalue weighted by Crippen LogP contribution is -2.07. The zero-order valence-electron chi connectivity index (χ0n) is 7.91. The number of phenolic OH excluding ortho intramolecular Hbond substituents is 1. The molecule has 2 aromatic carbocycles. The van der Waals surface area contributed by atoms with Crippen molar-refractivity contribution in [2.75, 3.05) is 0 Å². The van der Waals surface area contributed by atoms with E-state index < -0.39 is 7.32 Å². The Hall–Kier alpha value is -1.56. The molecule has 0 atom stereocenters. The Morgan fingerprint density at radius 3 is 1.93 bits per heavy atom. The third kappa shape index (κ3) is 3.59. The third-order valence-electron chi connectivity index (χ3n) is 1.77. The monoisotopic (exact) mass is 206 g/mol. The molecule has 0 heterocycles. The maximum absolute atomic E-state index is 9.37. The van der Waals surface area contributed by atoms with Crippen LogP contribution in [-0.2, 0) is 0 Å². The summed E-state index contributed by atoms with van der Waals surface area (Å²) in [5.41, 5.74) is 0. The normalized spacial score (nSPS) is 9.27. The van der Waals surface area contributed by atoms with Crippen molar-refractivity contribution in [1.29, 1.82) is 0 Å². The highest BCUT2D eigenvalue weighted by molar-refractivity contribution is 6.30. The van der Waals surface area contributed by atoms with Crippen LogP contribution in [0.3, 0.4) is 0 Å². The van der Waals surface area contributed by atoms with Gasteiger partial charge in [0.05, 0.1) is 0 Å². The van der Waals surface area contributed by atoms with E-state index in [1.807, 2.05) is 36.4 Å². The first-order chi connectivity index (χ1) is 7.11. The summed E-state index contributed by atoms with van der Waals surface area (Å²) in [4.78, 5) is 0. The van der Waals surface area contributed by atoms with Crippen LogP contribution in [0.1, 0.15) is 0 Å². The molecule has 5 heteroatoms. The standard InChI is InChI=1S/C10H8O.BH3O3/c11-10-7-3-5-8-4-1-2-6-9(8)10;2-1(3)4/h1-7,11H;2-4H. The highest BCUT2D eigenvalue weighted by Crippen LogP contribution is 2.22. The van der Waals surface area contributed by atoms with Crippen molar-refractivity contribution in [3.05, 3.63) is 42.5 Å². The molecule has 0 saturated carbocycles. The number of rotatable bonds is 0. The number of hydrogen-bond acceptors (Lipinski definition) is 4. The topological polar surface area (TPSA) is 80.9 Å². The molecule has 2 rings (SSSR count). The Labute approximate surface area is 87.2 Å². The molecule has 0 radical (unpaired) electrons. The molecule has 0 amide bonds. The Kier molecular flexibility index (Phi) is 4.11. The molecular weight excluding hydrogens is 195 g/mol. The second-order valence-electron chi connectivity index (χ2n) is 2.84. The van der Waals surface area contributed by atoms with Crippen LogP contribution < -0.4 is 0 Å². The largest absolute Gasteiger partial charge is 0.631 e. The molecule has 4 N–H and O–H groups in total. The summed E-state index contributed by atoms with van der Waals surface area (Å²) in [7, 11) is -2.17. The number of hydrogen-bond donors (Lipinski definition) is 4. The molecule has 0 unspecified atom stereocenters. The number of benzene rings is 2. The maximum atomic E-state index is 9.37. The fourth-order valence-corrected chi connectivity index (χ4v) is 1.21. The van der Waals surface area contributed by atoms with Crippen molar-refractivity contribution in [2.45, 2.75) is 0 Å². The highest BCUT2D eigenvalue weighted by Gasteiger charge is 1.94. The van der Waals surface area contributed by atoms with Crippen LogP contribution in [0.5, 0.6) is 5.75 Å². The Bertz CT molecular complexity index is 422. The molecule has 78 valence electrons. The van der Waals surface area contributed by atoms with E-state index in [2.05, 4.69) is 0 Å². The van der Waals surface area contributed by atoms with E-state index in [-0.39, 0.29) is 0 Å². The second-order valence-corrected chi connectivity index (χ2v) is 2.84. The molecule has 0 saturated heterocycles. The van der Waals surface area contributed by atoms with Crippen molar-refractivity contribution >= 4 is 18.1 Å². The molecule has 0 aromatic heterocycles. The molecule has 0 spiro atoms. The van der Waals surface area contributed by atoms with Crippen molar-refractivity contribution in [2.24, 2.45) is 0 Å². The van der Waals surface area contributed by atoms with E-state index in [0.717, 1.165) is 10.8 Å². The van der Waals surface area contributed by atoms with Crippen molar-refractivity contribution in [3.8, 4) is 5.75 Å². The predicted octanol–water partition coefficient (Wildman–Crippen LogP) is 0.494. The highest BCUT2D eigenvalue weighted by atomic mass is 16.5. The summed E-state index contributed by atoms with van der Waals surface area (Å²) >= 11 is 0. The SMILES string of the molecule is OB(O)O.Oc1cccc2ccccc12. The average molecular weight is 206 g/mol. The first-order valence-electron chi connectivity index (χ1n) is 4.32. The van der Waals surface area contributed by atoms with Crippen LogP contribution >= 0.6 is 0 Å². The second kappa shape index (κ2) is 5.36. The van der Waals surface area contributed by atoms with Gasteiger partial charge in [0, 0.05) is 5.39 Å². The zero-order valence-corrected chi connectivity index (χ0v) is 7.91. The summed E-state index contributed by atoms with van der Waals surface area (Å²) in [5, 5.41) is 32.9. The molecule has 15 heavy (non-hydrogen) atoms. The van der Waals surface area contributed by atoms with Gasteiger partial charge < -0.3 is 20.2 Å². The zero-order chi connectivity index (χ0) is 11.3. The number of aromatic hydroxyl groups is 1. The summed E-state index contributed by atoms with van der Waals surface area (Å²) in [6.07, 6.45) is 0. The van der Waals surface area contributed by atoms with Crippen LogP contribution in [0.4, 0.5) is 0 Å². The maximum Gasteiger partial charge on any atom is 0.631 e. The Morgan fingerprint density at radius 2 is 1.33 bits per heavy atom. The van der Waals surface area contributed by atoms with E-state index in [9.17, 15) is 5.11 Å². The van der Waals surface area contributed by atoms with Crippen molar-refractivity contribution < 1.29 is 20.2 Å². The van der Waals surface area contributed by atoms with Crippen molar-refractivity contribution in [3.63, 3.8) is 0 Å². The van der Waals surface area contributed by atoms with Gasteiger partial charge in [0.2, 0.25) is 0 Å². The minimum absolute atomic E-state index is 0.350. The minimum Gasteiger partial charge on any atom is -0.507 e. The van der Waals surface area contributed by atoms with Gasteiger partial charge in [0.25, 0.3) is 0 Å². The fourth-order valence-electron chi connectivity index (χ4n) is 1.21. The smallest absolute Gasteiger partial charge is 0.507 e. The minimum atomic E-state index is -2.17. The summed E-state index contributed by atoms with van der Waals surface area (Å²) in [5.74, 6) is 0.350. The summed E-state index contributed by atoms with van der Waals surface area (Å²) < 4.78 is 0. The lowest BCUT2D eigenvalue weighted by molar-refractivity contribution is 0.278. The van der Waals surface area contributed by atoms with E-state index in [1.165, 1.54) is 0 Å². The quantitative estimate of drug-likeness (QED) is 0.473. The van der Waals surface area contributed by atoms with Crippen LogP contribution in [0.2, 0.25) is 0 Å². The van der Waals surface area contributed by atoms with Gasteiger partial charge in [-0.15, -0.1) is 0 Å². The van der Waals surface area contributed by atoms with Gasteiger partial charge in [-0.2, -0.15) is 0 Å². The summed E-state index contributed by atoms with van der Waals surface area (Å²) in [6.45, 7) is 0. The van der Waals surface area contributed by atoms with Gasteiger partial charge >= 0.3 is 7.32 Å². The van der Waals surface area contributed by atoms with Crippen LogP contribution in [0, 0.1) is 0 Å². The molecule has 0 fully saturated rings.